The van der Waals surface area contributed by atoms with Crippen LogP contribution in [0, 0.1) is 5.82 Å². The van der Waals surface area contributed by atoms with Gasteiger partial charge in [-0.2, -0.15) is 0 Å². The topological polar surface area (TPSA) is 21.3 Å². The van der Waals surface area contributed by atoms with Crippen molar-refractivity contribution in [1.82, 2.24) is 0 Å². The molecule has 0 unspecified atom stereocenters. The molecule has 0 spiro atoms. The molecular weight excluding hydrogens is 253 g/mol. The van der Waals surface area contributed by atoms with E-state index in [2.05, 4.69) is 12.2 Å². The fraction of sp³-hybridized carbons (Fsp3) is 0.294. The number of hydrogen-bond donors (Lipinski definition) is 1. The highest BCUT2D eigenvalue weighted by Gasteiger charge is 1.97. The quantitative estimate of drug-likeness (QED) is 0.743. The number of rotatable bonds is 7. The van der Waals surface area contributed by atoms with E-state index in [1.54, 1.807) is 12.1 Å². The van der Waals surface area contributed by atoms with E-state index >= 15 is 0 Å². The van der Waals surface area contributed by atoms with E-state index in [9.17, 15) is 4.39 Å². The maximum atomic E-state index is 12.8. The van der Waals surface area contributed by atoms with Gasteiger partial charge in [-0.05, 0) is 48.4 Å². The zero-order valence-electron chi connectivity index (χ0n) is 11.7. The van der Waals surface area contributed by atoms with Gasteiger partial charge in [0.2, 0.25) is 0 Å². The van der Waals surface area contributed by atoms with Crippen LogP contribution in [0.15, 0.2) is 48.5 Å². The Balaban J connectivity index is 1.82. The van der Waals surface area contributed by atoms with Gasteiger partial charge in [-0.15, -0.1) is 0 Å². The van der Waals surface area contributed by atoms with Crippen LogP contribution in [0.25, 0.3) is 0 Å². The molecule has 0 aliphatic heterocycles. The van der Waals surface area contributed by atoms with Gasteiger partial charge in [-0.25, -0.2) is 4.39 Å². The van der Waals surface area contributed by atoms with E-state index in [1.165, 1.54) is 12.1 Å². The summed E-state index contributed by atoms with van der Waals surface area (Å²) in [6, 6.07) is 14.4. The first-order chi connectivity index (χ1) is 9.78. The van der Waals surface area contributed by atoms with Crippen molar-refractivity contribution < 1.29 is 9.13 Å². The summed E-state index contributed by atoms with van der Waals surface area (Å²) in [6.07, 6.45) is 2.22. The summed E-state index contributed by atoms with van der Waals surface area (Å²) >= 11 is 0. The predicted octanol–water partition coefficient (Wildman–Crippen LogP) is 4.62. The lowest BCUT2D eigenvalue weighted by molar-refractivity contribution is 0.309. The molecule has 0 bridgehead atoms. The smallest absolute Gasteiger partial charge is 0.123 e. The maximum Gasteiger partial charge on any atom is 0.123 e. The zero-order valence-corrected chi connectivity index (χ0v) is 11.7. The summed E-state index contributed by atoms with van der Waals surface area (Å²) in [5.74, 6) is 0.688. The molecule has 2 nitrogen and oxygen atoms in total. The van der Waals surface area contributed by atoms with Gasteiger partial charge in [0, 0.05) is 12.2 Å². The molecule has 0 heterocycles. The van der Waals surface area contributed by atoms with Crippen LogP contribution in [-0.4, -0.2) is 6.61 Å². The Labute approximate surface area is 119 Å². The van der Waals surface area contributed by atoms with Gasteiger partial charge in [-0.1, -0.05) is 25.5 Å². The summed E-state index contributed by atoms with van der Waals surface area (Å²) in [6.45, 7) is 3.62. The van der Waals surface area contributed by atoms with E-state index in [0.29, 0.717) is 6.54 Å². The lowest BCUT2D eigenvalue weighted by Crippen LogP contribution is -2.00. The minimum atomic E-state index is -0.218. The Morgan fingerprint density at radius 1 is 1.00 bits per heavy atom. The standard InChI is InChI=1S/C17H20FNO/c1-2-3-12-20-17-10-4-14(5-11-17)13-19-16-8-6-15(18)7-9-16/h4-11,19H,2-3,12-13H2,1H3. The van der Waals surface area contributed by atoms with Crippen molar-refractivity contribution in [2.75, 3.05) is 11.9 Å². The summed E-state index contributed by atoms with van der Waals surface area (Å²) in [5.41, 5.74) is 2.08. The van der Waals surface area contributed by atoms with Crippen molar-refractivity contribution in [2.24, 2.45) is 0 Å². The second kappa shape index (κ2) is 7.53. The Hall–Kier alpha value is -2.03. The largest absolute Gasteiger partial charge is 0.494 e. The molecule has 2 aromatic rings. The summed E-state index contributed by atoms with van der Waals surface area (Å²) in [7, 11) is 0. The number of nitrogens with one attached hydrogen (secondary N) is 1. The lowest BCUT2D eigenvalue weighted by atomic mass is 10.2. The van der Waals surface area contributed by atoms with Crippen LogP contribution in [0.1, 0.15) is 25.3 Å². The van der Waals surface area contributed by atoms with Crippen LogP contribution < -0.4 is 10.1 Å². The van der Waals surface area contributed by atoms with Crippen molar-refractivity contribution in [2.45, 2.75) is 26.3 Å². The van der Waals surface area contributed by atoms with E-state index in [1.807, 2.05) is 24.3 Å². The predicted molar refractivity (Wildman–Crippen MR) is 80.6 cm³/mol. The number of benzene rings is 2. The first-order valence-corrected chi connectivity index (χ1v) is 6.99. The molecule has 106 valence electrons. The average molecular weight is 273 g/mol. The molecule has 0 aromatic heterocycles. The normalized spacial score (nSPS) is 10.3. The third-order valence-electron chi connectivity index (χ3n) is 3.03. The van der Waals surface area contributed by atoms with Crippen LogP contribution >= 0.6 is 0 Å². The highest BCUT2D eigenvalue weighted by molar-refractivity contribution is 5.43. The van der Waals surface area contributed by atoms with Gasteiger partial charge in [0.1, 0.15) is 11.6 Å². The monoisotopic (exact) mass is 273 g/mol. The molecule has 0 atom stereocenters. The van der Waals surface area contributed by atoms with Crippen LogP contribution in [0.5, 0.6) is 5.75 Å². The van der Waals surface area contributed by atoms with Gasteiger partial charge >= 0.3 is 0 Å². The molecule has 2 rings (SSSR count). The Morgan fingerprint density at radius 3 is 2.35 bits per heavy atom. The average Bonchev–Trinajstić information content (AvgIpc) is 2.48. The van der Waals surface area contributed by atoms with Crippen molar-refractivity contribution in [3.8, 4) is 5.75 Å². The van der Waals surface area contributed by atoms with E-state index in [-0.39, 0.29) is 5.82 Å². The van der Waals surface area contributed by atoms with E-state index < -0.39 is 0 Å². The summed E-state index contributed by atoms with van der Waals surface area (Å²) in [4.78, 5) is 0. The van der Waals surface area contributed by atoms with Crippen LogP contribution in [0.3, 0.4) is 0 Å². The summed E-state index contributed by atoms with van der Waals surface area (Å²) < 4.78 is 18.4. The molecule has 0 radical (unpaired) electrons. The van der Waals surface area contributed by atoms with Gasteiger partial charge in [0.25, 0.3) is 0 Å². The van der Waals surface area contributed by atoms with Gasteiger partial charge in [0.05, 0.1) is 6.61 Å². The van der Waals surface area contributed by atoms with E-state index in [0.717, 1.165) is 36.4 Å². The fourth-order valence-corrected chi connectivity index (χ4v) is 1.81. The van der Waals surface area contributed by atoms with Crippen molar-refractivity contribution in [3.05, 3.63) is 59.9 Å². The van der Waals surface area contributed by atoms with Crippen LogP contribution in [0.2, 0.25) is 0 Å². The number of halogens is 1. The maximum absolute atomic E-state index is 12.8. The van der Waals surface area contributed by atoms with Crippen LogP contribution in [-0.2, 0) is 6.54 Å². The number of unbranched alkanes of at least 4 members (excludes halogenated alkanes) is 1. The lowest BCUT2D eigenvalue weighted by Gasteiger charge is -2.08. The van der Waals surface area contributed by atoms with Crippen molar-refractivity contribution >= 4 is 5.69 Å². The molecule has 1 N–H and O–H groups in total. The highest BCUT2D eigenvalue weighted by atomic mass is 19.1. The number of ether oxygens (including phenoxy) is 1. The summed E-state index contributed by atoms with van der Waals surface area (Å²) in [5, 5.41) is 3.25. The van der Waals surface area contributed by atoms with Crippen LogP contribution in [0.4, 0.5) is 10.1 Å². The third-order valence-corrected chi connectivity index (χ3v) is 3.03. The zero-order chi connectivity index (χ0) is 14.2. The minimum absolute atomic E-state index is 0.218. The molecule has 20 heavy (non-hydrogen) atoms. The van der Waals surface area contributed by atoms with E-state index in [4.69, 9.17) is 4.74 Å². The molecule has 0 amide bonds. The SMILES string of the molecule is CCCCOc1ccc(CNc2ccc(F)cc2)cc1. The van der Waals surface area contributed by atoms with Gasteiger partial charge < -0.3 is 10.1 Å². The highest BCUT2D eigenvalue weighted by Crippen LogP contribution is 2.15. The van der Waals surface area contributed by atoms with Crippen molar-refractivity contribution in [1.29, 1.82) is 0 Å². The fourth-order valence-electron chi connectivity index (χ4n) is 1.81. The molecule has 0 aliphatic carbocycles. The molecule has 0 aliphatic rings. The third kappa shape index (κ3) is 4.57. The van der Waals surface area contributed by atoms with Crippen molar-refractivity contribution in [3.63, 3.8) is 0 Å². The van der Waals surface area contributed by atoms with Gasteiger partial charge in [0.15, 0.2) is 0 Å². The van der Waals surface area contributed by atoms with Gasteiger partial charge in [-0.3, -0.25) is 0 Å². The molecule has 0 saturated heterocycles. The second-order valence-corrected chi connectivity index (χ2v) is 4.71. The molecular formula is C17H20FNO. The Kier molecular flexibility index (Phi) is 5.42. The molecule has 0 saturated carbocycles. The molecule has 2 aromatic carbocycles. The number of anilines is 1. The first-order valence-electron chi connectivity index (χ1n) is 6.99. The first kappa shape index (κ1) is 14.4. The minimum Gasteiger partial charge on any atom is -0.494 e. The number of hydrogen-bond acceptors (Lipinski definition) is 2. The Morgan fingerprint density at radius 2 is 1.70 bits per heavy atom. The Bertz CT molecular complexity index is 508. The second-order valence-electron chi connectivity index (χ2n) is 4.71. The molecule has 0 fully saturated rings. The molecule has 3 heteroatoms.